The van der Waals surface area contributed by atoms with Crippen LogP contribution in [0.25, 0.3) is 0 Å². The highest BCUT2D eigenvalue weighted by Gasteiger charge is 2.13. The predicted octanol–water partition coefficient (Wildman–Crippen LogP) is 3.76. The lowest BCUT2D eigenvalue weighted by Crippen LogP contribution is -2.27. The van der Waals surface area contributed by atoms with Gasteiger partial charge in [-0.05, 0) is 39.8 Å². The number of benzene rings is 1. The van der Waals surface area contributed by atoms with Crippen molar-refractivity contribution in [1.82, 2.24) is 9.97 Å². The second-order valence-electron chi connectivity index (χ2n) is 5.96. The van der Waals surface area contributed by atoms with Crippen LogP contribution in [-0.2, 0) is 0 Å². The highest BCUT2D eigenvalue weighted by molar-refractivity contribution is 5.57. The first-order chi connectivity index (χ1) is 9.35. The van der Waals surface area contributed by atoms with Crippen molar-refractivity contribution in [3.63, 3.8) is 0 Å². The molecule has 0 radical (unpaired) electrons. The minimum Gasteiger partial charge on any atom is -0.365 e. The maximum atomic E-state index is 4.60. The van der Waals surface area contributed by atoms with Crippen LogP contribution in [0.3, 0.4) is 0 Å². The monoisotopic (exact) mass is 270 g/mol. The number of aromatic nitrogens is 2. The Balaban J connectivity index is 2.33. The van der Waals surface area contributed by atoms with Crippen molar-refractivity contribution < 1.29 is 0 Å². The van der Waals surface area contributed by atoms with E-state index in [0.29, 0.717) is 5.95 Å². The molecule has 0 aliphatic heterocycles. The largest absolute Gasteiger partial charge is 0.365 e. The molecule has 0 spiro atoms. The molecule has 1 aromatic carbocycles. The van der Waals surface area contributed by atoms with Crippen LogP contribution in [-0.4, -0.2) is 22.6 Å². The fraction of sp³-hybridized carbons (Fsp3) is 0.375. The highest BCUT2D eigenvalue weighted by Crippen LogP contribution is 2.22. The molecule has 4 nitrogen and oxygen atoms in total. The molecule has 1 N–H and O–H groups in total. The van der Waals surface area contributed by atoms with Crippen molar-refractivity contribution in [3.05, 3.63) is 42.1 Å². The molecule has 0 amide bonds. The molecule has 0 aliphatic rings. The molecule has 106 valence electrons. The summed E-state index contributed by atoms with van der Waals surface area (Å²) in [4.78, 5) is 11.1. The van der Waals surface area contributed by atoms with Crippen LogP contribution in [0.2, 0.25) is 0 Å². The van der Waals surface area contributed by atoms with Crippen LogP contribution in [0.5, 0.6) is 0 Å². The van der Waals surface area contributed by atoms with Gasteiger partial charge in [0.1, 0.15) is 5.82 Å². The predicted molar refractivity (Wildman–Crippen MR) is 84.6 cm³/mol. The SMILES string of the molecule is Cc1cc(NC(C)(C)C)nc(N(C)c2ccccc2)n1. The molecule has 1 aromatic heterocycles. The number of nitrogens with zero attached hydrogens (tertiary/aromatic N) is 3. The van der Waals surface area contributed by atoms with Gasteiger partial charge in [0.15, 0.2) is 0 Å². The molecule has 0 fully saturated rings. The number of anilines is 3. The van der Waals surface area contributed by atoms with Crippen LogP contribution >= 0.6 is 0 Å². The Morgan fingerprint density at radius 3 is 2.30 bits per heavy atom. The zero-order valence-electron chi connectivity index (χ0n) is 12.8. The first kappa shape index (κ1) is 14.3. The van der Waals surface area contributed by atoms with Gasteiger partial charge < -0.3 is 10.2 Å². The zero-order valence-corrected chi connectivity index (χ0v) is 12.8. The van der Waals surface area contributed by atoms with E-state index in [-0.39, 0.29) is 5.54 Å². The average molecular weight is 270 g/mol. The van der Waals surface area contributed by atoms with Crippen LogP contribution in [0.15, 0.2) is 36.4 Å². The van der Waals surface area contributed by atoms with Crippen molar-refractivity contribution in [3.8, 4) is 0 Å². The lowest BCUT2D eigenvalue weighted by atomic mass is 10.1. The van der Waals surface area contributed by atoms with E-state index in [4.69, 9.17) is 0 Å². The van der Waals surface area contributed by atoms with Gasteiger partial charge in [-0.15, -0.1) is 0 Å². The third-order valence-corrected chi connectivity index (χ3v) is 2.79. The van der Waals surface area contributed by atoms with Gasteiger partial charge >= 0.3 is 0 Å². The lowest BCUT2D eigenvalue weighted by Gasteiger charge is -2.23. The molecule has 0 saturated heterocycles. The van der Waals surface area contributed by atoms with Gasteiger partial charge in [-0.2, -0.15) is 4.98 Å². The van der Waals surface area contributed by atoms with Crippen molar-refractivity contribution in [1.29, 1.82) is 0 Å². The second-order valence-corrected chi connectivity index (χ2v) is 5.96. The summed E-state index contributed by atoms with van der Waals surface area (Å²) in [6.45, 7) is 8.33. The Kier molecular flexibility index (Phi) is 3.93. The molecule has 2 rings (SSSR count). The van der Waals surface area contributed by atoms with Gasteiger partial charge in [-0.25, -0.2) is 4.98 Å². The first-order valence-electron chi connectivity index (χ1n) is 6.78. The van der Waals surface area contributed by atoms with Gasteiger partial charge in [0.05, 0.1) is 0 Å². The number of aryl methyl sites for hydroxylation is 1. The Bertz CT molecular complexity index is 573. The third-order valence-electron chi connectivity index (χ3n) is 2.79. The Morgan fingerprint density at radius 1 is 1.05 bits per heavy atom. The van der Waals surface area contributed by atoms with E-state index >= 15 is 0 Å². The molecule has 4 heteroatoms. The highest BCUT2D eigenvalue weighted by atomic mass is 15.3. The topological polar surface area (TPSA) is 41.1 Å². The summed E-state index contributed by atoms with van der Waals surface area (Å²) in [5.41, 5.74) is 1.99. The lowest BCUT2D eigenvalue weighted by molar-refractivity contribution is 0.630. The van der Waals surface area contributed by atoms with E-state index in [2.05, 4.69) is 36.1 Å². The summed E-state index contributed by atoms with van der Waals surface area (Å²) in [6, 6.07) is 12.1. The normalized spacial score (nSPS) is 11.2. The van der Waals surface area contributed by atoms with Gasteiger partial charge in [-0.3, -0.25) is 0 Å². The minimum atomic E-state index is -0.0244. The maximum Gasteiger partial charge on any atom is 0.231 e. The standard InChI is InChI=1S/C16H22N4/c1-12-11-14(19-16(2,3)4)18-15(17-12)20(5)13-9-7-6-8-10-13/h6-11H,1-5H3,(H,17,18,19). The third kappa shape index (κ3) is 3.70. The summed E-state index contributed by atoms with van der Waals surface area (Å²) >= 11 is 0. The number of rotatable bonds is 3. The van der Waals surface area contributed by atoms with E-state index in [1.165, 1.54) is 0 Å². The molecular formula is C16H22N4. The van der Waals surface area contributed by atoms with Gasteiger partial charge in [0.25, 0.3) is 0 Å². The van der Waals surface area contributed by atoms with Crippen LogP contribution in [0.4, 0.5) is 17.5 Å². The molecule has 0 saturated carbocycles. The van der Waals surface area contributed by atoms with E-state index in [1.807, 2.05) is 55.3 Å². The number of para-hydroxylation sites is 1. The molecular weight excluding hydrogens is 248 g/mol. The smallest absolute Gasteiger partial charge is 0.231 e. The summed E-state index contributed by atoms with van der Waals surface area (Å²) < 4.78 is 0. The quantitative estimate of drug-likeness (QED) is 0.922. The van der Waals surface area contributed by atoms with Gasteiger partial charge in [0.2, 0.25) is 5.95 Å². The van der Waals surface area contributed by atoms with Crippen molar-refractivity contribution >= 4 is 17.5 Å². The van der Waals surface area contributed by atoms with E-state index in [1.54, 1.807) is 0 Å². The molecule has 0 atom stereocenters. The van der Waals surface area contributed by atoms with Crippen molar-refractivity contribution in [2.45, 2.75) is 33.2 Å². The second kappa shape index (κ2) is 5.49. The Morgan fingerprint density at radius 2 is 1.70 bits per heavy atom. The molecule has 0 unspecified atom stereocenters. The van der Waals surface area contributed by atoms with Crippen LogP contribution < -0.4 is 10.2 Å². The first-order valence-corrected chi connectivity index (χ1v) is 6.78. The fourth-order valence-electron chi connectivity index (χ4n) is 1.92. The maximum absolute atomic E-state index is 4.60. The molecule has 20 heavy (non-hydrogen) atoms. The molecule has 0 bridgehead atoms. The van der Waals surface area contributed by atoms with Gasteiger partial charge in [0, 0.05) is 30.0 Å². The molecule has 2 aromatic rings. The number of hydrogen-bond acceptors (Lipinski definition) is 4. The summed E-state index contributed by atoms with van der Waals surface area (Å²) in [5.74, 6) is 1.55. The summed E-state index contributed by atoms with van der Waals surface area (Å²) in [5, 5.41) is 3.39. The summed E-state index contributed by atoms with van der Waals surface area (Å²) in [7, 11) is 1.98. The fourth-order valence-corrected chi connectivity index (χ4v) is 1.92. The van der Waals surface area contributed by atoms with E-state index in [9.17, 15) is 0 Å². The zero-order chi connectivity index (χ0) is 14.8. The average Bonchev–Trinajstić information content (AvgIpc) is 2.36. The van der Waals surface area contributed by atoms with Crippen molar-refractivity contribution in [2.24, 2.45) is 0 Å². The van der Waals surface area contributed by atoms with Crippen LogP contribution in [0, 0.1) is 6.92 Å². The number of hydrogen-bond donors (Lipinski definition) is 1. The summed E-state index contributed by atoms with van der Waals surface area (Å²) in [6.07, 6.45) is 0. The van der Waals surface area contributed by atoms with Gasteiger partial charge in [-0.1, -0.05) is 18.2 Å². The Hall–Kier alpha value is -2.10. The van der Waals surface area contributed by atoms with E-state index < -0.39 is 0 Å². The molecule has 1 heterocycles. The van der Waals surface area contributed by atoms with E-state index in [0.717, 1.165) is 17.2 Å². The molecule has 0 aliphatic carbocycles. The minimum absolute atomic E-state index is 0.0244. The Labute approximate surface area is 120 Å². The van der Waals surface area contributed by atoms with Crippen LogP contribution in [0.1, 0.15) is 26.5 Å². The van der Waals surface area contributed by atoms with Crippen molar-refractivity contribution in [2.75, 3.05) is 17.3 Å². The number of nitrogens with one attached hydrogen (secondary N) is 1.